The summed E-state index contributed by atoms with van der Waals surface area (Å²) < 4.78 is 5.54. The molecule has 2 N–H and O–H groups in total. The van der Waals surface area contributed by atoms with Gasteiger partial charge in [0.05, 0.1) is 17.9 Å². The third-order valence-corrected chi connectivity index (χ3v) is 4.72. The highest BCUT2D eigenvalue weighted by atomic mass is 16.5. The Morgan fingerprint density at radius 1 is 1.25 bits per heavy atom. The first kappa shape index (κ1) is 19.4. The van der Waals surface area contributed by atoms with E-state index in [1.807, 2.05) is 37.3 Å². The normalized spacial score (nSPS) is 18.1. The average Bonchev–Trinajstić information content (AvgIpc) is 3.18. The Balaban J connectivity index is 1.55. The predicted molar refractivity (Wildman–Crippen MR) is 104 cm³/mol. The molecule has 2 aromatic rings. The molecule has 1 aliphatic rings. The van der Waals surface area contributed by atoms with E-state index in [1.165, 1.54) is 12.3 Å². The van der Waals surface area contributed by atoms with Crippen LogP contribution in [-0.2, 0) is 4.79 Å². The van der Waals surface area contributed by atoms with Crippen molar-refractivity contribution >= 4 is 17.5 Å². The molecule has 144 valence electrons. The molecule has 0 aliphatic heterocycles. The summed E-state index contributed by atoms with van der Waals surface area (Å²) in [6.07, 6.45) is 3.41. The highest BCUT2D eigenvalue weighted by Crippen LogP contribution is 2.29. The number of hydrogen-bond acceptors (Lipinski definition) is 5. The van der Waals surface area contributed by atoms with Crippen molar-refractivity contribution in [3.05, 3.63) is 53.9 Å². The molecule has 0 unspecified atom stereocenters. The van der Waals surface area contributed by atoms with Crippen molar-refractivity contribution in [2.24, 2.45) is 5.92 Å². The number of carbonyl (C=O) groups excluding carboxylic acids is 2. The first-order valence-electron chi connectivity index (χ1n) is 9.30. The quantitative estimate of drug-likeness (QED) is 0.804. The largest absolute Gasteiger partial charge is 0.492 e. The molecule has 28 heavy (non-hydrogen) atoms. The molecule has 2 amide bonds. The van der Waals surface area contributed by atoms with Crippen LogP contribution in [0.5, 0.6) is 5.75 Å². The average molecular weight is 378 g/mol. The first-order chi connectivity index (χ1) is 13.6. The van der Waals surface area contributed by atoms with Gasteiger partial charge in [-0.25, -0.2) is 4.98 Å². The minimum absolute atomic E-state index is 0.0658. The van der Waals surface area contributed by atoms with E-state index in [0.29, 0.717) is 36.4 Å². The van der Waals surface area contributed by atoms with E-state index in [1.54, 1.807) is 6.07 Å². The van der Waals surface area contributed by atoms with Gasteiger partial charge in [0.25, 0.3) is 5.91 Å². The van der Waals surface area contributed by atoms with Crippen molar-refractivity contribution in [1.29, 1.82) is 5.26 Å². The second-order valence-electron chi connectivity index (χ2n) is 6.64. The van der Waals surface area contributed by atoms with Crippen LogP contribution in [0.15, 0.2) is 42.6 Å². The van der Waals surface area contributed by atoms with E-state index in [2.05, 4.69) is 15.6 Å². The molecule has 0 bridgehead atoms. The van der Waals surface area contributed by atoms with Crippen LogP contribution in [0.1, 0.15) is 42.2 Å². The second-order valence-corrected chi connectivity index (χ2v) is 6.64. The van der Waals surface area contributed by atoms with Crippen molar-refractivity contribution in [3.63, 3.8) is 0 Å². The Hall–Kier alpha value is -3.40. The molecule has 7 nitrogen and oxygen atoms in total. The molecule has 1 aromatic carbocycles. The summed E-state index contributed by atoms with van der Waals surface area (Å²) in [6.45, 7) is 2.42. The smallest absolute Gasteiger partial charge is 0.253 e. The van der Waals surface area contributed by atoms with Crippen molar-refractivity contribution < 1.29 is 14.3 Å². The number of amides is 2. The third kappa shape index (κ3) is 4.65. The maximum absolute atomic E-state index is 12.6. The van der Waals surface area contributed by atoms with Crippen molar-refractivity contribution in [2.45, 2.75) is 32.2 Å². The Morgan fingerprint density at radius 2 is 2.07 bits per heavy atom. The monoisotopic (exact) mass is 378 g/mol. The van der Waals surface area contributed by atoms with Crippen LogP contribution in [0.2, 0.25) is 0 Å². The highest BCUT2D eigenvalue weighted by molar-refractivity contribution is 5.95. The number of benzene rings is 1. The van der Waals surface area contributed by atoms with Gasteiger partial charge in [0.15, 0.2) is 0 Å². The molecule has 0 spiro atoms. The van der Waals surface area contributed by atoms with Gasteiger partial charge in [0.2, 0.25) is 5.91 Å². The van der Waals surface area contributed by atoms with Crippen LogP contribution in [0.3, 0.4) is 0 Å². The van der Waals surface area contributed by atoms with Gasteiger partial charge in [0, 0.05) is 18.2 Å². The number of anilines is 1. The van der Waals surface area contributed by atoms with Gasteiger partial charge in [-0.15, -0.1) is 0 Å². The second kappa shape index (κ2) is 9.00. The summed E-state index contributed by atoms with van der Waals surface area (Å²) in [4.78, 5) is 28.9. The molecular weight excluding hydrogens is 356 g/mol. The zero-order valence-corrected chi connectivity index (χ0v) is 15.6. The Bertz CT molecular complexity index is 889. The fourth-order valence-corrected chi connectivity index (χ4v) is 3.30. The van der Waals surface area contributed by atoms with Gasteiger partial charge < -0.3 is 15.4 Å². The minimum Gasteiger partial charge on any atom is -0.492 e. The van der Waals surface area contributed by atoms with Crippen molar-refractivity contribution in [1.82, 2.24) is 10.3 Å². The van der Waals surface area contributed by atoms with E-state index >= 15 is 0 Å². The van der Waals surface area contributed by atoms with Crippen LogP contribution >= 0.6 is 0 Å². The van der Waals surface area contributed by atoms with Gasteiger partial charge in [-0.1, -0.05) is 12.1 Å². The van der Waals surface area contributed by atoms with Gasteiger partial charge >= 0.3 is 0 Å². The van der Waals surface area contributed by atoms with E-state index in [0.717, 1.165) is 6.42 Å². The molecule has 1 fully saturated rings. The van der Waals surface area contributed by atoms with E-state index in [9.17, 15) is 9.59 Å². The lowest BCUT2D eigenvalue weighted by molar-refractivity contribution is -0.119. The number of nitriles is 1. The van der Waals surface area contributed by atoms with Gasteiger partial charge in [-0.05, 0) is 50.5 Å². The van der Waals surface area contributed by atoms with E-state index in [-0.39, 0.29) is 29.5 Å². The standard InChI is InChI=1S/C21H22N4O3/c1-2-28-19-6-4-3-5-18(19)25-20(26)14-7-9-16(11-14)24-21(27)15-8-10-17(12-22)23-13-15/h3-6,8,10,13-14,16H,2,7,9,11H2,1H3,(H,24,27)(H,25,26)/t14-,16+/m0/s1. The summed E-state index contributed by atoms with van der Waals surface area (Å²) in [5.74, 6) is 0.169. The zero-order valence-electron chi connectivity index (χ0n) is 15.6. The number of ether oxygens (including phenoxy) is 1. The van der Waals surface area contributed by atoms with Crippen LogP contribution < -0.4 is 15.4 Å². The minimum atomic E-state index is -0.246. The van der Waals surface area contributed by atoms with Crippen LogP contribution in [0.4, 0.5) is 5.69 Å². The molecule has 3 rings (SSSR count). The lowest BCUT2D eigenvalue weighted by Gasteiger charge is -2.15. The summed E-state index contributed by atoms with van der Waals surface area (Å²) in [5, 5.41) is 14.7. The third-order valence-electron chi connectivity index (χ3n) is 4.72. The number of rotatable bonds is 6. The maximum atomic E-state index is 12.6. The Morgan fingerprint density at radius 3 is 2.79 bits per heavy atom. The summed E-state index contributed by atoms with van der Waals surface area (Å²) in [5.41, 5.74) is 1.32. The van der Waals surface area contributed by atoms with Gasteiger partial charge in [-0.2, -0.15) is 5.26 Å². The number of pyridine rings is 1. The van der Waals surface area contributed by atoms with Gasteiger partial charge in [-0.3, -0.25) is 9.59 Å². The molecule has 1 heterocycles. The topological polar surface area (TPSA) is 104 Å². The lowest BCUT2D eigenvalue weighted by atomic mass is 10.1. The molecular formula is C21H22N4O3. The zero-order chi connectivity index (χ0) is 19.9. The van der Waals surface area contributed by atoms with E-state index < -0.39 is 0 Å². The molecule has 1 aromatic heterocycles. The number of carbonyl (C=O) groups is 2. The van der Waals surface area contributed by atoms with Gasteiger partial charge in [0.1, 0.15) is 17.5 Å². The molecule has 2 atom stereocenters. The molecule has 7 heteroatoms. The molecule has 1 aliphatic carbocycles. The summed E-state index contributed by atoms with van der Waals surface area (Å²) in [6, 6.07) is 12.3. The van der Waals surface area contributed by atoms with Crippen molar-refractivity contribution in [2.75, 3.05) is 11.9 Å². The molecule has 1 saturated carbocycles. The molecule has 0 radical (unpaired) electrons. The maximum Gasteiger partial charge on any atom is 0.253 e. The predicted octanol–water partition coefficient (Wildman–Crippen LogP) is 2.89. The van der Waals surface area contributed by atoms with Crippen LogP contribution in [0.25, 0.3) is 0 Å². The number of hydrogen-bond donors (Lipinski definition) is 2. The fourth-order valence-electron chi connectivity index (χ4n) is 3.30. The number of nitrogens with zero attached hydrogens (tertiary/aromatic N) is 2. The van der Waals surface area contributed by atoms with E-state index in [4.69, 9.17) is 10.00 Å². The van der Waals surface area contributed by atoms with Crippen molar-refractivity contribution in [3.8, 4) is 11.8 Å². The molecule has 0 saturated heterocycles. The number of aromatic nitrogens is 1. The fraction of sp³-hybridized carbons (Fsp3) is 0.333. The Labute approximate surface area is 163 Å². The summed E-state index contributed by atoms with van der Waals surface area (Å²) >= 11 is 0. The first-order valence-corrected chi connectivity index (χ1v) is 9.30. The number of para-hydroxylation sites is 2. The Kier molecular flexibility index (Phi) is 6.22. The summed E-state index contributed by atoms with van der Waals surface area (Å²) in [7, 11) is 0. The van der Waals surface area contributed by atoms with Crippen LogP contribution in [0, 0.1) is 17.2 Å². The van der Waals surface area contributed by atoms with Crippen LogP contribution in [-0.4, -0.2) is 29.4 Å². The number of nitrogens with one attached hydrogen (secondary N) is 2. The lowest BCUT2D eigenvalue weighted by Crippen LogP contribution is -2.33. The highest BCUT2D eigenvalue weighted by Gasteiger charge is 2.31. The SMILES string of the molecule is CCOc1ccccc1NC(=O)[C@H]1CC[C@@H](NC(=O)c2ccc(C#N)nc2)C1.